The van der Waals surface area contributed by atoms with E-state index in [0.717, 1.165) is 31.2 Å². The van der Waals surface area contributed by atoms with Gasteiger partial charge in [0.15, 0.2) is 0 Å². The van der Waals surface area contributed by atoms with Crippen molar-refractivity contribution in [1.29, 1.82) is 0 Å². The number of unbranched alkanes of at least 4 members (excludes halogenated alkanes) is 2. The van der Waals surface area contributed by atoms with Gasteiger partial charge in [-0.15, -0.1) is 0 Å². The zero-order chi connectivity index (χ0) is 25.6. The number of nitrogens with zero attached hydrogens (tertiary/aromatic N) is 2. The number of hydrogen-bond donors (Lipinski definition) is 1. The van der Waals surface area contributed by atoms with E-state index in [2.05, 4.69) is 5.32 Å². The smallest absolute Gasteiger partial charge is 0.243 e. The number of halogens is 1. The van der Waals surface area contributed by atoms with Crippen molar-refractivity contribution in [1.82, 2.24) is 4.31 Å². The van der Waals surface area contributed by atoms with Crippen LogP contribution < -0.4 is 10.2 Å². The highest BCUT2D eigenvalue weighted by Crippen LogP contribution is 2.29. The minimum atomic E-state index is -3.60. The summed E-state index contributed by atoms with van der Waals surface area (Å²) in [5, 5.41) is 3.39. The topological polar surface area (TPSA) is 86.8 Å². The highest BCUT2D eigenvalue weighted by atomic mass is 35.5. The minimum Gasteiger partial charge on any atom is -0.326 e. The zero-order valence-corrected chi connectivity index (χ0v) is 22.2. The Morgan fingerprint density at radius 1 is 1.09 bits per heavy atom. The molecule has 0 radical (unpaired) electrons. The predicted molar refractivity (Wildman–Crippen MR) is 140 cm³/mol. The van der Waals surface area contributed by atoms with Crippen molar-refractivity contribution in [2.45, 2.75) is 57.8 Å². The summed E-state index contributed by atoms with van der Waals surface area (Å²) in [5.74, 6) is -0.919. The van der Waals surface area contributed by atoms with E-state index in [0.29, 0.717) is 29.5 Å². The molecule has 35 heavy (non-hydrogen) atoms. The fourth-order valence-corrected chi connectivity index (χ4v) is 5.70. The van der Waals surface area contributed by atoms with Gasteiger partial charge in [-0.25, -0.2) is 8.42 Å². The maximum Gasteiger partial charge on any atom is 0.243 e. The normalized spacial score (nSPS) is 16.2. The molecule has 1 fully saturated rings. The number of hydrogen-bond acceptors (Lipinski definition) is 4. The van der Waals surface area contributed by atoms with Gasteiger partial charge in [-0.1, -0.05) is 44.4 Å². The van der Waals surface area contributed by atoms with Gasteiger partial charge in [-0.05, 0) is 61.7 Å². The maximum absolute atomic E-state index is 13.1. The highest BCUT2D eigenvalue weighted by Gasteiger charge is 2.35. The molecule has 2 amide bonds. The van der Waals surface area contributed by atoms with Crippen LogP contribution in [-0.2, 0) is 19.6 Å². The Balaban J connectivity index is 1.66. The van der Waals surface area contributed by atoms with E-state index < -0.39 is 15.9 Å². The van der Waals surface area contributed by atoms with Gasteiger partial charge >= 0.3 is 0 Å². The van der Waals surface area contributed by atoms with Crippen LogP contribution in [0.2, 0.25) is 5.02 Å². The first-order chi connectivity index (χ1) is 16.7. The van der Waals surface area contributed by atoms with Gasteiger partial charge in [0.2, 0.25) is 21.8 Å². The molecule has 1 heterocycles. The number of aryl methyl sites for hydroxylation is 1. The molecular formula is C26H34ClN3O4S. The summed E-state index contributed by atoms with van der Waals surface area (Å²) < 4.78 is 27.8. The average Bonchev–Trinajstić information content (AvgIpc) is 3.23. The summed E-state index contributed by atoms with van der Waals surface area (Å²) in [6, 6.07) is 11.6. The van der Waals surface area contributed by atoms with E-state index in [1.54, 1.807) is 27.4 Å². The van der Waals surface area contributed by atoms with Gasteiger partial charge in [-0.2, -0.15) is 4.31 Å². The van der Waals surface area contributed by atoms with Crippen molar-refractivity contribution in [2.75, 3.05) is 29.9 Å². The summed E-state index contributed by atoms with van der Waals surface area (Å²) in [7, 11) is -3.60. The zero-order valence-electron chi connectivity index (χ0n) is 20.6. The number of carbonyl (C=O) groups is 2. The number of amides is 2. The van der Waals surface area contributed by atoms with E-state index in [1.165, 1.54) is 12.1 Å². The Bertz CT molecular complexity index is 1140. The van der Waals surface area contributed by atoms with E-state index >= 15 is 0 Å². The third-order valence-electron chi connectivity index (χ3n) is 6.24. The molecular weight excluding hydrogens is 486 g/mol. The van der Waals surface area contributed by atoms with Crippen LogP contribution in [0.1, 0.15) is 51.5 Å². The fourth-order valence-electron chi connectivity index (χ4n) is 4.01. The van der Waals surface area contributed by atoms with Crippen molar-refractivity contribution in [2.24, 2.45) is 5.92 Å². The molecule has 3 rings (SSSR count). The van der Waals surface area contributed by atoms with Crippen molar-refractivity contribution in [3.63, 3.8) is 0 Å². The van der Waals surface area contributed by atoms with Crippen molar-refractivity contribution < 1.29 is 18.0 Å². The molecule has 0 bridgehead atoms. The van der Waals surface area contributed by atoms with Crippen LogP contribution in [0.4, 0.5) is 11.4 Å². The predicted octanol–water partition coefficient (Wildman–Crippen LogP) is 5.23. The number of sulfonamides is 1. The van der Waals surface area contributed by atoms with Crippen LogP contribution in [0.3, 0.4) is 0 Å². The summed E-state index contributed by atoms with van der Waals surface area (Å²) in [6.07, 6.45) is 3.56. The maximum atomic E-state index is 13.1. The Labute approximate surface area is 213 Å². The molecule has 0 aliphatic carbocycles. The van der Waals surface area contributed by atoms with Crippen LogP contribution in [0, 0.1) is 12.8 Å². The van der Waals surface area contributed by atoms with Gasteiger partial charge < -0.3 is 10.2 Å². The highest BCUT2D eigenvalue weighted by molar-refractivity contribution is 7.89. The largest absolute Gasteiger partial charge is 0.326 e. The summed E-state index contributed by atoms with van der Waals surface area (Å²) in [4.78, 5) is 27.2. The summed E-state index contributed by atoms with van der Waals surface area (Å²) in [5.41, 5.74) is 2.08. The van der Waals surface area contributed by atoms with Crippen molar-refractivity contribution >= 4 is 44.8 Å². The lowest BCUT2D eigenvalue weighted by molar-refractivity contribution is -0.122. The molecule has 9 heteroatoms. The SMILES string of the molecule is CCCCN(CCCC)S(=O)(=O)c1ccc(NC(=O)C2CC(=O)N(c3ccc(C)c(Cl)c3)C2)cc1. The molecule has 0 aromatic heterocycles. The molecule has 1 aliphatic rings. The molecule has 2 aromatic rings. The first-order valence-electron chi connectivity index (χ1n) is 12.1. The van der Waals surface area contributed by atoms with Gasteiger partial charge in [0.25, 0.3) is 0 Å². The van der Waals surface area contributed by atoms with Crippen molar-refractivity contribution in [3.8, 4) is 0 Å². The van der Waals surface area contributed by atoms with Crippen LogP contribution in [0.5, 0.6) is 0 Å². The molecule has 2 aromatic carbocycles. The van der Waals surface area contributed by atoms with Gasteiger partial charge in [0.1, 0.15) is 0 Å². The fraction of sp³-hybridized carbons (Fsp3) is 0.462. The molecule has 0 saturated carbocycles. The lowest BCUT2D eigenvalue weighted by atomic mass is 10.1. The van der Waals surface area contributed by atoms with Crippen LogP contribution in [-0.4, -0.2) is 44.2 Å². The van der Waals surface area contributed by atoms with E-state index in [1.807, 2.05) is 32.9 Å². The number of nitrogens with one attached hydrogen (secondary N) is 1. The van der Waals surface area contributed by atoms with Gasteiger partial charge in [-0.3, -0.25) is 9.59 Å². The van der Waals surface area contributed by atoms with E-state index in [4.69, 9.17) is 11.6 Å². The first-order valence-corrected chi connectivity index (χ1v) is 14.0. The standard InChI is InChI=1S/C26H34ClN3O4S/c1-4-6-14-29(15-7-5-2)35(33,34)23-12-9-21(10-13-23)28-26(32)20-16-25(31)30(18-20)22-11-8-19(3)24(27)17-22/h8-13,17,20H,4-7,14-16,18H2,1-3H3,(H,28,32). The average molecular weight is 520 g/mol. The number of carbonyl (C=O) groups excluding carboxylic acids is 2. The van der Waals surface area contributed by atoms with Gasteiger partial charge in [0, 0.05) is 42.5 Å². The molecule has 190 valence electrons. The minimum absolute atomic E-state index is 0.105. The second-order valence-electron chi connectivity index (χ2n) is 8.96. The molecule has 1 N–H and O–H groups in total. The van der Waals surface area contributed by atoms with Crippen LogP contribution in [0.15, 0.2) is 47.4 Å². The van der Waals surface area contributed by atoms with Crippen LogP contribution in [0.25, 0.3) is 0 Å². The van der Waals surface area contributed by atoms with Gasteiger partial charge in [0.05, 0.1) is 10.8 Å². The number of anilines is 2. The van der Waals surface area contributed by atoms with E-state index in [-0.39, 0.29) is 29.7 Å². The third-order valence-corrected chi connectivity index (χ3v) is 8.56. The van der Waals surface area contributed by atoms with Crippen LogP contribution >= 0.6 is 11.6 Å². The Morgan fingerprint density at radius 2 is 1.71 bits per heavy atom. The van der Waals surface area contributed by atoms with Crippen molar-refractivity contribution in [3.05, 3.63) is 53.1 Å². The monoisotopic (exact) mass is 519 g/mol. The number of rotatable bonds is 11. The Morgan fingerprint density at radius 3 is 2.29 bits per heavy atom. The summed E-state index contributed by atoms with van der Waals surface area (Å²) >= 11 is 6.20. The second kappa shape index (κ2) is 12.0. The first kappa shape index (κ1) is 27.2. The quantitative estimate of drug-likeness (QED) is 0.440. The third kappa shape index (κ3) is 6.63. The Hall–Kier alpha value is -2.42. The molecule has 1 unspecified atom stereocenters. The molecule has 0 spiro atoms. The molecule has 1 saturated heterocycles. The van der Waals surface area contributed by atoms with E-state index in [9.17, 15) is 18.0 Å². The summed E-state index contributed by atoms with van der Waals surface area (Å²) in [6.45, 7) is 7.22. The molecule has 1 atom stereocenters. The molecule has 7 nitrogen and oxygen atoms in total. The molecule has 1 aliphatic heterocycles. The second-order valence-corrected chi connectivity index (χ2v) is 11.3. The lowest BCUT2D eigenvalue weighted by Crippen LogP contribution is -2.33. The Kier molecular flexibility index (Phi) is 9.33. The number of benzene rings is 2. The lowest BCUT2D eigenvalue weighted by Gasteiger charge is -2.22.